The van der Waals surface area contributed by atoms with Gasteiger partial charge in [0.2, 0.25) is 0 Å². The maximum absolute atomic E-state index is 13.6. The molecule has 0 atom stereocenters. The highest BCUT2D eigenvalue weighted by atomic mass is 32.2. The molecule has 0 saturated carbocycles. The molecule has 150 valence electrons. The van der Waals surface area contributed by atoms with Crippen LogP contribution >= 0.6 is 35.3 Å². The van der Waals surface area contributed by atoms with E-state index in [1.807, 2.05) is 12.1 Å². The van der Waals surface area contributed by atoms with Crippen LogP contribution in [0.4, 0.5) is 0 Å². The molecule has 4 nitrogen and oxygen atoms in total. The van der Waals surface area contributed by atoms with E-state index in [0.717, 1.165) is 40.9 Å². The minimum absolute atomic E-state index is 0.584. The number of rotatable bonds is 0. The normalized spacial score (nSPS) is 19.6. The highest BCUT2D eigenvalue weighted by molar-refractivity contribution is 8.03. The summed E-state index contributed by atoms with van der Waals surface area (Å²) in [6.45, 7) is 3.63. The maximum atomic E-state index is 13.6. The first-order valence-electron chi connectivity index (χ1n) is 9.19. The van der Waals surface area contributed by atoms with E-state index in [1.54, 1.807) is 35.3 Å². The number of ether oxygens (including phenoxy) is 3. The van der Waals surface area contributed by atoms with Crippen molar-refractivity contribution in [2.24, 2.45) is 0 Å². The summed E-state index contributed by atoms with van der Waals surface area (Å²) in [7, 11) is -1.18. The second kappa shape index (κ2) is 10.5. The standard InChI is InChI=1S/C20H22O4S4/c21-28-19-15-3-1-5-17(19)27-18-6-2-4-16(20(18)28)26-14-12-24-10-8-22-7-9-23-11-13-25-15/h1-6H,7-14H2. The third-order valence-corrected chi connectivity index (χ3v) is 9.49. The summed E-state index contributed by atoms with van der Waals surface area (Å²) < 4.78 is 30.4. The monoisotopic (exact) mass is 454 g/mol. The third kappa shape index (κ3) is 4.98. The largest absolute Gasteiger partial charge is 0.378 e. The average Bonchev–Trinajstić information content (AvgIpc) is 2.70. The van der Waals surface area contributed by atoms with Crippen LogP contribution in [0.5, 0.6) is 0 Å². The number of benzene rings is 2. The van der Waals surface area contributed by atoms with E-state index in [0.29, 0.717) is 39.6 Å². The van der Waals surface area contributed by atoms with Crippen molar-refractivity contribution in [2.75, 3.05) is 51.1 Å². The van der Waals surface area contributed by atoms with Crippen molar-refractivity contribution in [3.63, 3.8) is 0 Å². The fraction of sp³-hybridized carbons (Fsp3) is 0.400. The van der Waals surface area contributed by atoms with Crippen LogP contribution in [0.2, 0.25) is 0 Å². The van der Waals surface area contributed by atoms with E-state index in [-0.39, 0.29) is 0 Å². The summed E-state index contributed by atoms with van der Waals surface area (Å²) in [4.78, 5) is 6.23. The van der Waals surface area contributed by atoms with Crippen LogP contribution in [0, 0.1) is 0 Å². The molecule has 0 aliphatic carbocycles. The first-order chi connectivity index (χ1) is 13.8. The van der Waals surface area contributed by atoms with Gasteiger partial charge in [0.25, 0.3) is 0 Å². The van der Waals surface area contributed by atoms with Crippen LogP contribution in [0.3, 0.4) is 0 Å². The lowest BCUT2D eigenvalue weighted by molar-refractivity contribution is 0.0205. The second-order valence-electron chi connectivity index (χ2n) is 6.07. The Morgan fingerprint density at radius 2 is 1.07 bits per heavy atom. The number of hydrogen-bond acceptors (Lipinski definition) is 7. The third-order valence-electron chi connectivity index (χ3n) is 4.19. The number of thioether (sulfide) groups is 2. The molecule has 2 aliphatic rings. The predicted octanol–water partition coefficient (Wildman–Crippen LogP) is 4.57. The minimum Gasteiger partial charge on any atom is -0.378 e. The van der Waals surface area contributed by atoms with Crippen molar-refractivity contribution < 1.29 is 18.4 Å². The summed E-state index contributed by atoms with van der Waals surface area (Å²) in [5.41, 5.74) is 0. The van der Waals surface area contributed by atoms with Gasteiger partial charge in [-0.3, -0.25) is 0 Å². The topological polar surface area (TPSA) is 44.8 Å². The zero-order chi connectivity index (χ0) is 19.2. The zero-order valence-corrected chi connectivity index (χ0v) is 18.7. The van der Waals surface area contributed by atoms with Crippen molar-refractivity contribution in [1.29, 1.82) is 0 Å². The van der Waals surface area contributed by atoms with Gasteiger partial charge in [-0.25, -0.2) is 4.21 Å². The lowest BCUT2D eigenvalue weighted by Crippen LogP contribution is -2.12. The number of hydrogen-bond donors (Lipinski definition) is 0. The van der Waals surface area contributed by atoms with E-state index in [2.05, 4.69) is 24.3 Å². The smallest absolute Gasteiger partial charge is 0.0895 e. The zero-order valence-electron chi connectivity index (χ0n) is 15.4. The molecule has 0 aromatic heterocycles. The van der Waals surface area contributed by atoms with Crippen LogP contribution in [0.25, 0.3) is 0 Å². The van der Waals surface area contributed by atoms with Crippen molar-refractivity contribution in [2.45, 2.75) is 29.4 Å². The van der Waals surface area contributed by atoms with Crippen molar-refractivity contribution in [1.82, 2.24) is 0 Å². The van der Waals surface area contributed by atoms with E-state index >= 15 is 0 Å². The molecule has 0 N–H and O–H groups in total. The van der Waals surface area contributed by atoms with Crippen LogP contribution < -0.4 is 0 Å². The van der Waals surface area contributed by atoms with Gasteiger partial charge < -0.3 is 14.2 Å². The molecule has 2 heterocycles. The van der Waals surface area contributed by atoms with E-state index < -0.39 is 10.8 Å². The van der Waals surface area contributed by atoms with Gasteiger partial charge in [0.05, 0.1) is 60.2 Å². The molecule has 0 fully saturated rings. The van der Waals surface area contributed by atoms with Crippen LogP contribution in [0.15, 0.2) is 65.8 Å². The quantitative estimate of drug-likeness (QED) is 0.493. The second-order valence-corrected chi connectivity index (χ2v) is 10.8. The van der Waals surface area contributed by atoms with Gasteiger partial charge in [-0.2, -0.15) is 0 Å². The first kappa shape index (κ1) is 20.8. The fourth-order valence-corrected chi connectivity index (χ4v) is 8.39. The van der Waals surface area contributed by atoms with E-state index in [1.165, 1.54) is 0 Å². The van der Waals surface area contributed by atoms with Crippen LogP contribution in [-0.2, 0) is 25.0 Å². The van der Waals surface area contributed by atoms with Gasteiger partial charge in [0, 0.05) is 31.1 Å². The Morgan fingerprint density at radius 3 is 1.57 bits per heavy atom. The summed E-state index contributed by atoms with van der Waals surface area (Å²) in [5, 5.41) is 0. The lowest BCUT2D eigenvalue weighted by Gasteiger charge is -2.22. The summed E-state index contributed by atoms with van der Waals surface area (Å²) in [5.74, 6) is 1.65. The Labute approximate surface area is 180 Å². The van der Waals surface area contributed by atoms with Gasteiger partial charge in [0.15, 0.2) is 0 Å². The van der Waals surface area contributed by atoms with Gasteiger partial charge in [-0.1, -0.05) is 23.9 Å². The Hall–Kier alpha value is -0.480. The summed E-state index contributed by atoms with van der Waals surface area (Å²) in [6, 6.07) is 12.4. The Bertz CT molecular complexity index is 777. The van der Waals surface area contributed by atoms with Gasteiger partial charge in [0.1, 0.15) is 0 Å². The lowest BCUT2D eigenvalue weighted by atomic mass is 10.3. The van der Waals surface area contributed by atoms with E-state index in [9.17, 15) is 4.21 Å². The molecule has 0 amide bonds. The maximum Gasteiger partial charge on any atom is 0.0895 e. The fourth-order valence-electron chi connectivity index (χ4n) is 2.93. The van der Waals surface area contributed by atoms with Crippen molar-refractivity contribution in [3.05, 3.63) is 36.4 Å². The Morgan fingerprint density at radius 1 is 0.643 bits per heavy atom. The highest BCUT2D eigenvalue weighted by Crippen LogP contribution is 2.48. The van der Waals surface area contributed by atoms with Gasteiger partial charge in [-0.15, -0.1) is 23.5 Å². The molecule has 2 aliphatic heterocycles. The van der Waals surface area contributed by atoms with Crippen molar-refractivity contribution in [3.8, 4) is 0 Å². The van der Waals surface area contributed by atoms with Crippen LogP contribution in [0.1, 0.15) is 0 Å². The molecule has 28 heavy (non-hydrogen) atoms. The molecule has 0 radical (unpaired) electrons. The Kier molecular flexibility index (Phi) is 7.81. The molecule has 2 bridgehead atoms. The molecule has 4 rings (SSSR count). The molecular weight excluding hydrogens is 432 g/mol. The predicted molar refractivity (Wildman–Crippen MR) is 116 cm³/mol. The molecule has 2 aromatic carbocycles. The Balaban J connectivity index is 1.61. The van der Waals surface area contributed by atoms with E-state index in [4.69, 9.17) is 14.2 Å². The molecule has 0 saturated heterocycles. The molecule has 8 heteroatoms. The molecule has 0 spiro atoms. The summed E-state index contributed by atoms with van der Waals surface area (Å²) >= 11 is 5.14. The minimum atomic E-state index is -1.18. The SMILES string of the molecule is O=S1c2c3cccc2Sc2cccc(c21)SCCOCCOCCOCCS3. The van der Waals surface area contributed by atoms with Crippen molar-refractivity contribution >= 4 is 46.1 Å². The van der Waals surface area contributed by atoms with Gasteiger partial charge >= 0.3 is 0 Å². The van der Waals surface area contributed by atoms with Crippen LogP contribution in [-0.4, -0.2) is 55.4 Å². The molecule has 0 unspecified atom stereocenters. The highest BCUT2D eigenvalue weighted by Gasteiger charge is 2.28. The first-order valence-corrected chi connectivity index (χ1v) is 13.1. The van der Waals surface area contributed by atoms with Gasteiger partial charge in [-0.05, 0) is 24.3 Å². The molecular formula is C20H22O4S4. The molecule has 2 aromatic rings. The average molecular weight is 455 g/mol. The summed E-state index contributed by atoms with van der Waals surface area (Å²) in [6.07, 6.45) is 0.